The molecule has 18 heavy (non-hydrogen) atoms. The molecule has 0 N–H and O–H groups in total. The van der Waals surface area contributed by atoms with E-state index in [2.05, 4.69) is 11.8 Å². The van der Waals surface area contributed by atoms with Crippen LogP contribution in [-0.4, -0.2) is 19.7 Å². The summed E-state index contributed by atoms with van der Waals surface area (Å²) < 4.78 is 10.0. The third-order valence-electron chi connectivity index (χ3n) is 2.40. The second kappa shape index (κ2) is 6.11. The summed E-state index contributed by atoms with van der Waals surface area (Å²) in [7, 11) is 1.62. The van der Waals surface area contributed by atoms with Crippen LogP contribution in [0.1, 0.15) is 26.3 Å². The fourth-order valence-electron chi connectivity index (χ4n) is 1.27. The topological polar surface area (TPSA) is 35.5 Å². The molecule has 0 aliphatic carbocycles. The first-order valence-corrected chi connectivity index (χ1v) is 5.84. The molecule has 1 aromatic rings. The molecule has 0 fully saturated rings. The summed E-state index contributed by atoms with van der Waals surface area (Å²) in [5, 5.41) is 0. The first kappa shape index (κ1) is 14.1. The van der Waals surface area contributed by atoms with Crippen molar-refractivity contribution in [2.45, 2.75) is 20.8 Å². The number of carbonyl (C=O) groups is 1. The summed E-state index contributed by atoms with van der Waals surface area (Å²) in [6.45, 7) is 5.65. The zero-order valence-electron chi connectivity index (χ0n) is 11.2. The number of methoxy groups -OCH3 is 1. The van der Waals surface area contributed by atoms with Crippen molar-refractivity contribution in [3.63, 3.8) is 0 Å². The summed E-state index contributed by atoms with van der Waals surface area (Å²) in [4.78, 5) is 11.6. The van der Waals surface area contributed by atoms with E-state index in [1.165, 1.54) is 0 Å². The molecule has 0 amide bonds. The zero-order chi connectivity index (χ0) is 13.6. The Labute approximate surface area is 108 Å². The van der Waals surface area contributed by atoms with Gasteiger partial charge in [-0.2, -0.15) is 0 Å². The van der Waals surface area contributed by atoms with Crippen LogP contribution in [0.5, 0.6) is 5.75 Å². The first-order chi connectivity index (χ1) is 8.49. The molecule has 0 aliphatic heterocycles. The number of hydrogen-bond acceptors (Lipinski definition) is 3. The van der Waals surface area contributed by atoms with Gasteiger partial charge in [0.25, 0.3) is 0 Å². The van der Waals surface area contributed by atoms with Crippen LogP contribution in [0.15, 0.2) is 24.3 Å². The third kappa shape index (κ3) is 3.81. The Kier molecular flexibility index (Phi) is 4.79. The lowest BCUT2D eigenvalue weighted by molar-refractivity contribution is -0.150. The van der Waals surface area contributed by atoms with Crippen molar-refractivity contribution in [2.24, 2.45) is 5.41 Å². The van der Waals surface area contributed by atoms with E-state index in [4.69, 9.17) is 9.47 Å². The van der Waals surface area contributed by atoms with Crippen LogP contribution in [0.3, 0.4) is 0 Å². The van der Waals surface area contributed by atoms with Gasteiger partial charge in [-0.05, 0) is 45.0 Å². The van der Waals surface area contributed by atoms with Crippen LogP contribution in [0.25, 0.3) is 0 Å². The average molecular weight is 246 g/mol. The smallest absolute Gasteiger partial charge is 0.323 e. The average Bonchev–Trinajstić information content (AvgIpc) is 2.37. The maximum Gasteiger partial charge on any atom is 0.323 e. The molecular weight excluding hydrogens is 228 g/mol. The normalized spacial score (nSPS) is 10.2. The van der Waals surface area contributed by atoms with Crippen molar-refractivity contribution in [1.29, 1.82) is 0 Å². The van der Waals surface area contributed by atoms with Crippen LogP contribution >= 0.6 is 0 Å². The van der Waals surface area contributed by atoms with Crippen LogP contribution < -0.4 is 4.74 Å². The van der Waals surface area contributed by atoms with Gasteiger partial charge in [0.1, 0.15) is 11.2 Å². The minimum Gasteiger partial charge on any atom is -0.497 e. The molecule has 1 rings (SSSR count). The highest BCUT2D eigenvalue weighted by molar-refractivity contribution is 5.79. The van der Waals surface area contributed by atoms with Gasteiger partial charge in [-0.1, -0.05) is 11.8 Å². The van der Waals surface area contributed by atoms with Gasteiger partial charge in [0.2, 0.25) is 0 Å². The van der Waals surface area contributed by atoms with Gasteiger partial charge in [-0.15, -0.1) is 0 Å². The Hall–Kier alpha value is -1.95. The molecule has 0 spiro atoms. The number of esters is 1. The highest BCUT2D eigenvalue weighted by Crippen LogP contribution is 2.16. The van der Waals surface area contributed by atoms with Crippen molar-refractivity contribution in [3.8, 4) is 17.6 Å². The van der Waals surface area contributed by atoms with E-state index in [0.717, 1.165) is 11.3 Å². The van der Waals surface area contributed by atoms with Gasteiger partial charge in [-0.25, -0.2) is 0 Å². The largest absolute Gasteiger partial charge is 0.497 e. The molecular formula is C15H18O3. The molecule has 0 aromatic heterocycles. The van der Waals surface area contributed by atoms with E-state index in [0.29, 0.717) is 6.61 Å². The van der Waals surface area contributed by atoms with Crippen molar-refractivity contribution in [1.82, 2.24) is 0 Å². The van der Waals surface area contributed by atoms with Crippen molar-refractivity contribution in [2.75, 3.05) is 13.7 Å². The number of rotatable bonds is 3. The molecule has 0 saturated carbocycles. The lowest BCUT2D eigenvalue weighted by Crippen LogP contribution is -2.24. The van der Waals surface area contributed by atoms with Gasteiger partial charge in [0.05, 0.1) is 13.7 Å². The lowest BCUT2D eigenvalue weighted by atomic mass is 9.94. The summed E-state index contributed by atoms with van der Waals surface area (Å²) in [6.07, 6.45) is 0. The molecule has 0 heterocycles. The van der Waals surface area contributed by atoms with Gasteiger partial charge >= 0.3 is 5.97 Å². The Bertz CT molecular complexity index is 461. The van der Waals surface area contributed by atoms with Gasteiger partial charge in [0.15, 0.2) is 0 Å². The number of ether oxygens (including phenoxy) is 2. The highest BCUT2D eigenvalue weighted by atomic mass is 16.5. The fourth-order valence-corrected chi connectivity index (χ4v) is 1.27. The van der Waals surface area contributed by atoms with Crippen LogP contribution in [0.4, 0.5) is 0 Å². The molecule has 0 unspecified atom stereocenters. The summed E-state index contributed by atoms with van der Waals surface area (Å²) in [6, 6.07) is 7.38. The predicted molar refractivity (Wildman–Crippen MR) is 70.3 cm³/mol. The van der Waals surface area contributed by atoms with E-state index in [-0.39, 0.29) is 5.97 Å². The van der Waals surface area contributed by atoms with E-state index in [1.807, 2.05) is 24.3 Å². The SMILES string of the molecule is CCOC(=O)C(C)(C)C#Cc1ccc(OC)cc1. The molecule has 0 aliphatic rings. The second-order valence-corrected chi connectivity index (χ2v) is 4.32. The lowest BCUT2D eigenvalue weighted by Gasteiger charge is -2.14. The van der Waals surface area contributed by atoms with Crippen molar-refractivity contribution < 1.29 is 14.3 Å². The summed E-state index contributed by atoms with van der Waals surface area (Å²) in [5.74, 6) is 6.38. The fraction of sp³-hybridized carbons (Fsp3) is 0.400. The second-order valence-electron chi connectivity index (χ2n) is 4.32. The minimum atomic E-state index is -0.796. The molecule has 0 bridgehead atoms. The third-order valence-corrected chi connectivity index (χ3v) is 2.40. The van der Waals surface area contributed by atoms with Crippen molar-refractivity contribution >= 4 is 5.97 Å². The Balaban J connectivity index is 2.82. The van der Waals surface area contributed by atoms with Crippen LogP contribution in [-0.2, 0) is 9.53 Å². The quantitative estimate of drug-likeness (QED) is 0.607. The van der Waals surface area contributed by atoms with E-state index in [1.54, 1.807) is 27.9 Å². The van der Waals surface area contributed by atoms with E-state index < -0.39 is 5.41 Å². The number of carbonyl (C=O) groups excluding carboxylic acids is 1. The van der Waals surface area contributed by atoms with Gasteiger partial charge < -0.3 is 9.47 Å². The summed E-state index contributed by atoms with van der Waals surface area (Å²) >= 11 is 0. The van der Waals surface area contributed by atoms with Crippen LogP contribution in [0, 0.1) is 17.3 Å². The number of hydrogen-bond donors (Lipinski definition) is 0. The summed E-state index contributed by atoms with van der Waals surface area (Å²) in [5.41, 5.74) is 0.0452. The molecule has 0 atom stereocenters. The monoisotopic (exact) mass is 246 g/mol. The maximum absolute atomic E-state index is 11.6. The molecule has 96 valence electrons. The van der Waals surface area contributed by atoms with Crippen molar-refractivity contribution in [3.05, 3.63) is 29.8 Å². The zero-order valence-corrected chi connectivity index (χ0v) is 11.2. The number of benzene rings is 1. The maximum atomic E-state index is 11.6. The minimum absolute atomic E-state index is 0.300. The van der Waals surface area contributed by atoms with Gasteiger partial charge in [0, 0.05) is 5.56 Å². The first-order valence-electron chi connectivity index (χ1n) is 5.84. The molecule has 0 saturated heterocycles. The van der Waals surface area contributed by atoms with Gasteiger partial charge in [-0.3, -0.25) is 4.79 Å². The van der Waals surface area contributed by atoms with E-state index in [9.17, 15) is 4.79 Å². The van der Waals surface area contributed by atoms with Crippen LogP contribution in [0.2, 0.25) is 0 Å². The molecule has 1 aromatic carbocycles. The highest BCUT2D eigenvalue weighted by Gasteiger charge is 2.26. The van der Waals surface area contributed by atoms with E-state index >= 15 is 0 Å². The Morgan fingerprint density at radius 3 is 2.39 bits per heavy atom. The molecule has 0 radical (unpaired) electrons. The Morgan fingerprint density at radius 2 is 1.89 bits per heavy atom. The molecule has 3 nitrogen and oxygen atoms in total. The Morgan fingerprint density at radius 1 is 1.28 bits per heavy atom. The predicted octanol–water partition coefficient (Wildman–Crippen LogP) is 2.64. The standard InChI is InChI=1S/C15H18O3/c1-5-18-14(16)15(2,3)11-10-12-6-8-13(17-4)9-7-12/h6-9H,5H2,1-4H3. The molecule has 3 heteroatoms.